The summed E-state index contributed by atoms with van der Waals surface area (Å²) in [5, 5.41) is 0. The fraction of sp³-hybridized carbons (Fsp3) is 0.875. The number of nitrogens with zero attached hydrogens (tertiary/aromatic N) is 1. The minimum Gasteiger partial charge on any atom is -0.351 e. The van der Waals surface area contributed by atoms with Crippen molar-refractivity contribution in [1.29, 1.82) is 0 Å². The van der Waals surface area contributed by atoms with Crippen LogP contribution in [-0.4, -0.2) is 23.5 Å². The first-order valence-corrected chi connectivity index (χ1v) is 4.17. The molecule has 1 fully saturated rings. The van der Waals surface area contributed by atoms with Gasteiger partial charge in [-0.3, -0.25) is 0 Å². The van der Waals surface area contributed by atoms with Crippen LogP contribution in [0.1, 0.15) is 26.7 Å². The summed E-state index contributed by atoms with van der Waals surface area (Å²) < 4.78 is 0. The van der Waals surface area contributed by atoms with Crippen LogP contribution in [0.3, 0.4) is 0 Å². The molecule has 0 saturated heterocycles. The molecule has 2 amide bonds. The Bertz CT molecular complexity index is 152. The maximum Gasteiger partial charge on any atom is 0.315 e. The Balaban J connectivity index is 2.37. The molecule has 0 aliphatic heterocycles. The Morgan fingerprint density at radius 1 is 1.64 bits per heavy atom. The number of hydrogen-bond donors (Lipinski definition) is 1. The minimum atomic E-state index is -0.285. The van der Waals surface area contributed by atoms with E-state index in [0.29, 0.717) is 0 Å². The Morgan fingerprint density at radius 2 is 2.18 bits per heavy atom. The first-order chi connectivity index (χ1) is 5.11. The van der Waals surface area contributed by atoms with Crippen LogP contribution in [0, 0.1) is 5.92 Å². The normalized spacial score (nSPS) is 17.0. The van der Waals surface area contributed by atoms with Gasteiger partial charge in [0.15, 0.2) is 0 Å². The molecular formula is C8H16N2O. The fourth-order valence-electron chi connectivity index (χ4n) is 1.13. The van der Waals surface area contributed by atoms with Crippen molar-refractivity contribution in [3.63, 3.8) is 0 Å². The first kappa shape index (κ1) is 8.37. The van der Waals surface area contributed by atoms with E-state index < -0.39 is 0 Å². The van der Waals surface area contributed by atoms with Gasteiger partial charge in [0, 0.05) is 12.6 Å². The molecule has 64 valence electrons. The predicted octanol–water partition coefficient (Wildman–Crippen LogP) is 1.19. The lowest BCUT2D eigenvalue weighted by molar-refractivity contribution is 0.190. The van der Waals surface area contributed by atoms with Crippen molar-refractivity contribution < 1.29 is 4.79 Å². The quantitative estimate of drug-likeness (QED) is 0.655. The maximum atomic E-state index is 10.9. The molecule has 0 unspecified atom stereocenters. The van der Waals surface area contributed by atoms with Crippen LogP contribution in [0.4, 0.5) is 4.79 Å². The van der Waals surface area contributed by atoms with E-state index in [9.17, 15) is 4.79 Å². The second-order valence-corrected chi connectivity index (χ2v) is 3.53. The van der Waals surface area contributed by atoms with E-state index in [1.54, 1.807) is 4.90 Å². The lowest BCUT2D eigenvalue weighted by atomic mass is 10.3. The highest BCUT2D eigenvalue weighted by molar-refractivity contribution is 5.72. The lowest BCUT2D eigenvalue weighted by Crippen LogP contribution is -2.41. The Morgan fingerprint density at radius 3 is 2.45 bits per heavy atom. The zero-order chi connectivity index (χ0) is 8.43. The van der Waals surface area contributed by atoms with Gasteiger partial charge < -0.3 is 10.6 Å². The van der Waals surface area contributed by atoms with Gasteiger partial charge in [0.25, 0.3) is 0 Å². The van der Waals surface area contributed by atoms with Crippen LogP contribution >= 0.6 is 0 Å². The van der Waals surface area contributed by atoms with Crippen LogP contribution in [0.2, 0.25) is 0 Å². The lowest BCUT2D eigenvalue weighted by Gasteiger charge is -2.24. The number of hydrogen-bond acceptors (Lipinski definition) is 1. The van der Waals surface area contributed by atoms with Gasteiger partial charge in [-0.1, -0.05) is 0 Å². The summed E-state index contributed by atoms with van der Waals surface area (Å²) in [5.74, 6) is 0.727. The monoisotopic (exact) mass is 156 g/mol. The number of rotatable bonds is 3. The number of amides is 2. The molecule has 0 atom stereocenters. The van der Waals surface area contributed by atoms with Crippen molar-refractivity contribution in [1.82, 2.24) is 4.90 Å². The number of urea groups is 1. The summed E-state index contributed by atoms with van der Waals surface area (Å²) >= 11 is 0. The first-order valence-electron chi connectivity index (χ1n) is 4.17. The zero-order valence-electron chi connectivity index (χ0n) is 7.21. The van der Waals surface area contributed by atoms with E-state index in [4.69, 9.17) is 5.73 Å². The largest absolute Gasteiger partial charge is 0.351 e. The third kappa shape index (κ3) is 2.41. The second kappa shape index (κ2) is 3.11. The molecule has 0 radical (unpaired) electrons. The summed E-state index contributed by atoms with van der Waals surface area (Å²) in [4.78, 5) is 12.6. The molecular weight excluding hydrogens is 140 g/mol. The molecule has 3 nitrogen and oxygen atoms in total. The molecule has 0 aromatic rings. The van der Waals surface area contributed by atoms with Crippen molar-refractivity contribution in [2.45, 2.75) is 32.7 Å². The van der Waals surface area contributed by atoms with Crippen molar-refractivity contribution in [3.05, 3.63) is 0 Å². The summed E-state index contributed by atoms with van der Waals surface area (Å²) in [6.07, 6.45) is 2.52. The second-order valence-electron chi connectivity index (χ2n) is 3.53. The van der Waals surface area contributed by atoms with E-state index in [-0.39, 0.29) is 12.1 Å². The minimum absolute atomic E-state index is 0.244. The summed E-state index contributed by atoms with van der Waals surface area (Å²) in [7, 11) is 0. The molecule has 0 spiro atoms. The fourth-order valence-corrected chi connectivity index (χ4v) is 1.13. The Labute approximate surface area is 67.5 Å². The van der Waals surface area contributed by atoms with E-state index in [1.165, 1.54) is 12.8 Å². The van der Waals surface area contributed by atoms with E-state index >= 15 is 0 Å². The molecule has 0 heterocycles. The zero-order valence-corrected chi connectivity index (χ0v) is 7.21. The molecule has 0 bridgehead atoms. The summed E-state index contributed by atoms with van der Waals surface area (Å²) in [5.41, 5.74) is 5.20. The SMILES string of the molecule is CC(C)N(CC1CC1)C(N)=O. The average Bonchev–Trinajstić information content (AvgIpc) is 2.63. The van der Waals surface area contributed by atoms with Gasteiger partial charge in [-0.15, -0.1) is 0 Å². The highest BCUT2D eigenvalue weighted by Gasteiger charge is 2.26. The molecule has 1 aliphatic carbocycles. The van der Waals surface area contributed by atoms with Gasteiger partial charge in [-0.05, 0) is 32.6 Å². The Hall–Kier alpha value is -0.730. The van der Waals surface area contributed by atoms with Gasteiger partial charge >= 0.3 is 6.03 Å². The van der Waals surface area contributed by atoms with E-state index in [0.717, 1.165) is 12.5 Å². The smallest absolute Gasteiger partial charge is 0.315 e. The highest BCUT2D eigenvalue weighted by atomic mass is 16.2. The van der Waals surface area contributed by atoms with Crippen molar-refractivity contribution in [2.75, 3.05) is 6.54 Å². The molecule has 2 N–H and O–H groups in total. The number of primary amides is 1. The van der Waals surface area contributed by atoms with Gasteiger partial charge in [-0.25, -0.2) is 4.79 Å². The standard InChI is InChI=1S/C8H16N2O/c1-6(2)10(8(9)11)5-7-3-4-7/h6-7H,3-5H2,1-2H3,(H2,9,11). The van der Waals surface area contributed by atoms with Crippen LogP contribution in [0.15, 0.2) is 0 Å². The third-order valence-corrected chi connectivity index (χ3v) is 2.06. The van der Waals surface area contributed by atoms with Gasteiger partial charge in [0.1, 0.15) is 0 Å². The van der Waals surface area contributed by atoms with E-state index in [1.807, 2.05) is 13.8 Å². The maximum absolute atomic E-state index is 10.9. The predicted molar refractivity (Wildman–Crippen MR) is 44.1 cm³/mol. The van der Waals surface area contributed by atoms with Crippen LogP contribution in [0.25, 0.3) is 0 Å². The van der Waals surface area contributed by atoms with Crippen LogP contribution in [0.5, 0.6) is 0 Å². The molecule has 11 heavy (non-hydrogen) atoms. The average molecular weight is 156 g/mol. The molecule has 1 aliphatic rings. The number of carbonyl (C=O) groups is 1. The van der Waals surface area contributed by atoms with Gasteiger partial charge in [-0.2, -0.15) is 0 Å². The van der Waals surface area contributed by atoms with Gasteiger partial charge in [0.05, 0.1) is 0 Å². The highest BCUT2D eigenvalue weighted by Crippen LogP contribution is 2.30. The van der Waals surface area contributed by atoms with Crippen molar-refractivity contribution in [3.8, 4) is 0 Å². The molecule has 1 saturated carbocycles. The molecule has 0 aromatic carbocycles. The number of carbonyl (C=O) groups excluding carboxylic acids is 1. The van der Waals surface area contributed by atoms with Crippen LogP contribution < -0.4 is 5.73 Å². The number of nitrogens with two attached hydrogens (primary N) is 1. The summed E-state index contributed by atoms with van der Waals surface area (Å²) in [6.45, 7) is 4.84. The Kier molecular flexibility index (Phi) is 2.37. The van der Waals surface area contributed by atoms with Crippen LogP contribution in [-0.2, 0) is 0 Å². The van der Waals surface area contributed by atoms with Gasteiger partial charge in [0.2, 0.25) is 0 Å². The molecule has 3 heteroatoms. The van der Waals surface area contributed by atoms with Crippen molar-refractivity contribution in [2.24, 2.45) is 11.7 Å². The van der Waals surface area contributed by atoms with Crippen molar-refractivity contribution >= 4 is 6.03 Å². The molecule has 1 rings (SSSR count). The van der Waals surface area contributed by atoms with E-state index in [2.05, 4.69) is 0 Å². The summed E-state index contributed by atoms with van der Waals surface area (Å²) in [6, 6.07) is -0.0417. The topological polar surface area (TPSA) is 46.3 Å². The third-order valence-electron chi connectivity index (χ3n) is 2.06. The molecule has 0 aromatic heterocycles.